The minimum atomic E-state index is -1.06. The summed E-state index contributed by atoms with van der Waals surface area (Å²) in [5, 5.41) is 11.7. The van der Waals surface area contributed by atoms with Gasteiger partial charge in [-0.25, -0.2) is 4.79 Å². The van der Waals surface area contributed by atoms with Crippen molar-refractivity contribution in [2.45, 2.75) is 24.0 Å². The van der Waals surface area contributed by atoms with E-state index in [-0.39, 0.29) is 21.9 Å². The second kappa shape index (κ2) is 5.61. The molecular formula is C13H16N2O3S. The predicted octanol–water partition coefficient (Wildman–Crippen LogP) is 1.80. The van der Waals surface area contributed by atoms with Crippen molar-refractivity contribution in [2.24, 2.45) is 0 Å². The smallest absolute Gasteiger partial charge is 0.335 e. The van der Waals surface area contributed by atoms with E-state index < -0.39 is 5.97 Å². The van der Waals surface area contributed by atoms with Crippen LogP contribution in [0.25, 0.3) is 0 Å². The molecule has 0 unspecified atom stereocenters. The van der Waals surface area contributed by atoms with Gasteiger partial charge in [-0.2, -0.15) is 11.8 Å². The maximum absolute atomic E-state index is 11.9. The average Bonchev–Trinajstić information content (AvgIpc) is 2.38. The van der Waals surface area contributed by atoms with Crippen LogP contribution in [0.5, 0.6) is 0 Å². The van der Waals surface area contributed by atoms with Crippen molar-refractivity contribution in [2.75, 3.05) is 12.8 Å². The summed E-state index contributed by atoms with van der Waals surface area (Å²) in [6.07, 6.45) is 6.80. The third kappa shape index (κ3) is 3.07. The molecule has 1 aliphatic carbocycles. The zero-order chi connectivity index (χ0) is 13.9. The predicted molar refractivity (Wildman–Crippen MR) is 73.6 cm³/mol. The molecule has 1 amide bonds. The van der Waals surface area contributed by atoms with Crippen LogP contribution in [-0.4, -0.2) is 39.5 Å². The number of carboxylic acid groups (broad SMARTS) is 1. The number of rotatable bonds is 5. The molecule has 0 aliphatic heterocycles. The number of carbonyl (C=O) groups excluding carboxylic acids is 1. The molecule has 5 nitrogen and oxygen atoms in total. The molecule has 0 saturated heterocycles. The van der Waals surface area contributed by atoms with Gasteiger partial charge < -0.3 is 10.4 Å². The lowest BCUT2D eigenvalue weighted by molar-refractivity contribution is 0.0696. The Hall–Kier alpha value is -1.56. The van der Waals surface area contributed by atoms with Crippen LogP contribution >= 0.6 is 11.8 Å². The number of hydrogen-bond donors (Lipinski definition) is 2. The molecule has 6 heteroatoms. The summed E-state index contributed by atoms with van der Waals surface area (Å²) in [7, 11) is 0. The summed E-state index contributed by atoms with van der Waals surface area (Å²) in [6, 6.07) is 2.67. The molecule has 2 N–H and O–H groups in total. The zero-order valence-corrected chi connectivity index (χ0v) is 11.5. The van der Waals surface area contributed by atoms with Gasteiger partial charge in [-0.3, -0.25) is 9.78 Å². The molecule has 1 aromatic heterocycles. The molecule has 19 heavy (non-hydrogen) atoms. The SMILES string of the molecule is CSC1(CNC(=O)c2cc(C(=O)O)ccn2)CCC1. The van der Waals surface area contributed by atoms with Crippen molar-refractivity contribution in [3.63, 3.8) is 0 Å². The summed E-state index contributed by atoms with van der Waals surface area (Å²) in [6.45, 7) is 0.603. The Morgan fingerprint density at radius 1 is 1.53 bits per heavy atom. The normalized spacial score (nSPS) is 16.5. The molecule has 0 atom stereocenters. The van der Waals surface area contributed by atoms with E-state index in [9.17, 15) is 9.59 Å². The first kappa shape index (κ1) is 13.9. The monoisotopic (exact) mass is 280 g/mol. The first-order chi connectivity index (χ1) is 9.06. The molecule has 2 rings (SSSR count). The third-order valence-electron chi connectivity index (χ3n) is 3.51. The van der Waals surface area contributed by atoms with Crippen LogP contribution in [0.1, 0.15) is 40.1 Å². The summed E-state index contributed by atoms with van der Waals surface area (Å²) in [5.74, 6) is -1.38. The Morgan fingerprint density at radius 3 is 2.79 bits per heavy atom. The first-order valence-corrected chi connectivity index (χ1v) is 7.31. The highest BCUT2D eigenvalue weighted by molar-refractivity contribution is 8.00. The lowest BCUT2D eigenvalue weighted by Gasteiger charge is -2.40. The standard InChI is InChI=1S/C13H16N2O3S/c1-19-13(4-2-5-13)8-15-11(16)10-7-9(12(17)18)3-6-14-10/h3,6-7H,2,4-5,8H2,1H3,(H,15,16)(H,17,18). The van der Waals surface area contributed by atoms with Crippen molar-refractivity contribution in [1.82, 2.24) is 10.3 Å². The van der Waals surface area contributed by atoms with Gasteiger partial charge in [0.1, 0.15) is 5.69 Å². The molecule has 0 aromatic carbocycles. The third-order valence-corrected chi connectivity index (χ3v) is 4.93. The Bertz CT molecular complexity index is 495. The lowest BCUT2D eigenvalue weighted by atomic mass is 9.84. The van der Waals surface area contributed by atoms with Crippen molar-refractivity contribution < 1.29 is 14.7 Å². The number of nitrogens with one attached hydrogen (secondary N) is 1. The number of carbonyl (C=O) groups is 2. The van der Waals surface area contributed by atoms with Crippen LogP contribution in [0.4, 0.5) is 0 Å². The van der Waals surface area contributed by atoms with E-state index in [2.05, 4.69) is 16.6 Å². The fourth-order valence-electron chi connectivity index (χ4n) is 2.04. The Balaban J connectivity index is 2.00. The van der Waals surface area contributed by atoms with Gasteiger partial charge in [0, 0.05) is 17.5 Å². The lowest BCUT2D eigenvalue weighted by Crippen LogP contribution is -2.45. The molecule has 102 valence electrons. The summed E-state index contributed by atoms with van der Waals surface area (Å²) in [5.41, 5.74) is 0.221. The van der Waals surface area contributed by atoms with E-state index >= 15 is 0 Å². The first-order valence-electron chi connectivity index (χ1n) is 6.09. The summed E-state index contributed by atoms with van der Waals surface area (Å²) >= 11 is 1.78. The molecule has 0 spiro atoms. The van der Waals surface area contributed by atoms with Crippen LogP contribution < -0.4 is 5.32 Å². The van der Waals surface area contributed by atoms with Crippen molar-refractivity contribution in [3.8, 4) is 0 Å². The fraction of sp³-hybridized carbons (Fsp3) is 0.462. The van der Waals surface area contributed by atoms with Gasteiger partial charge in [0.25, 0.3) is 5.91 Å². The minimum Gasteiger partial charge on any atom is -0.478 e. The second-order valence-electron chi connectivity index (χ2n) is 4.66. The second-order valence-corrected chi connectivity index (χ2v) is 5.93. The molecule has 1 aliphatic rings. The average molecular weight is 280 g/mol. The van der Waals surface area contributed by atoms with Gasteiger partial charge in [0.2, 0.25) is 0 Å². The van der Waals surface area contributed by atoms with Crippen LogP contribution in [0.2, 0.25) is 0 Å². The maximum Gasteiger partial charge on any atom is 0.335 e. The van der Waals surface area contributed by atoms with E-state index in [1.54, 1.807) is 11.8 Å². The summed E-state index contributed by atoms with van der Waals surface area (Å²) in [4.78, 5) is 26.7. The van der Waals surface area contributed by atoms with Gasteiger partial charge in [0.05, 0.1) is 5.56 Å². The van der Waals surface area contributed by atoms with E-state index in [1.807, 2.05) is 0 Å². The van der Waals surface area contributed by atoms with Crippen molar-refractivity contribution in [1.29, 1.82) is 0 Å². The van der Waals surface area contributed by atoms with Gasteiger partial charge in [-0.15, -0.1) is 0 Å². The maximum atomic E-state index is 11.9. The molecule has 0 radical (unpaired) electrons. The quantitative estimate of drug-likeness (QED) is 0.859. The number of thioether (sulfide) groups is 1. The van der Waals surface area contributed by atoms with Crippen LogP contribution in [-0.2, 0) is 0 Å². The number of aromatic carboxylic acids is 1. The highest BCUT2D eigenvalue weighted by Gasteiger charge is 2.36. The highest BCUT2D eigenvalue weighted by Crippen LogP contribution is 2.42. The Kier molecular flexibility index (Phi) is 4.09. The largest absolute Gasteiger partial charge is 0.478 e. The molecule has 1 saturated carbocycles. The number of carboxylic acids is 1. The Morgan fingerprint density at radius 2 is 2.26 bits per heavy atom. The number of amides is 1. The van der Waals surface area contributed by atoms with E-state index in [1.165, 1.54) is 24.8 Å². The van der Waals surface area contributed by atoms with Gasteiger partial charge in [0.15, 0.2) is 0 Å². The molecule has 1 heterocycles. The highest BCUT2D eigenvalue weighted by atomic mass is 32.2. The molecule has 1 fully saturated rings. The fourth-order valence-corrected chi connectivity index (χ4v) is 2.96. The Labute approximate surface area is 115 Å². The van der Waals surface area contributed by atoms with E-state index in [4.69, 9.17) is 5.11 Å². The van der Waals surface area contributed by atoms with E-state index in [0.717, 1.165) is 12.8 Å². The molecular weight excluding hydrogens is 264 g/mol. The van der Waals surface area contributed by atoms with Crippen LogP contribution in [0, 0.1) is 0 Å². The molecule has 1 aromatic rings. The number of aromatic nitrogens is 1. The molecule has 0 bridgehead atoms. The number of pyridine rings is 1. The van der Waals surface area contributed by atoms with Gasteiger partial charge in [-0.05, 0) is 31.2 Å². The number of hydrogen-bond acceptors (Lipinski definition) is 4. The van der Waals surface area contributed by atoms with Gasteiger partial charge in [-0.1, -0.05) is 6.42 Å². The summed E-state index contributed by atoms with van der Waals surface area (Å²) < 4.78 is 0.153. The van der Waals surface area contributed by atoms with E-state index in [0.29, 0.717) is 6.54 Å². The van der Waals surface area contributed by atoms with Crippen LogP contribution in [0.15, 0.2) is 18.3 Å². The topological polar surface area (TPSA) is 79.3 Å². The minimum absolute atomic E-state index is 0.0726. The zero-order valence-electron chi connectivity index (χ0n) is 10.7. The van der Waals surface area contributed by atoms with Crippen LogP contribution in [0.3, 0.4) is 0 Å². The number of nitrogens with zero attached hydrogens (tertiary/aromatic N) is 1. The van der Waals surface area contributed by atoms with Crippen molar-refractivity contribution >= 4 is 23.6 Å². The van der Waals surface area contributed by atoms with Gasteiger partial charge >= 0.3 is 5.97 Å². The van der Waals surface area contributed by atoms with Crippen molar-refractivity contribution in [3.05, 3.63) is 29.6 Å².